The largest absolute Gasteiger partial charge is 0.351 e. The van der Waals surface area contributed by atoms with Crippen LogP contribution >= 0.6 is 0 Å². The summed E-state index contributed by atoms with van der Waals surface area (Å²) >= 11 is 0. The van der Waals surface area contributed by atoms with Crippen molar-refractivity contribution in [2.75, 3.05) is 26.2 Å². The molecule has 1 fully saturated rings. The summed E-state index contributed by atoms with van der Waals surface area (Å²) in [4.78, 5) is 21.3. The van der Waals surface area contributed by atoms with Crippen LogP contribution in [0.2, 0.25) is 0 Å². The molecule has 0 aromatic heterocycles. The van der Waals surface area contributed by atoms with Gasteiger partial charge >= 0.3 is 6.03 Å². The third kappa shape index (κ3) is 5.97. The second-order valence-electron chi connectivity index (χ2n) is 3.68. The van der Waals surface area contributed by atoms with Crippen LogP contribution in [0.25, 0.3) is 0 Å². The Bertz CT molecular complexity index is 365. The van der Waals surface area contributed by atoms with Gasteiger partial charge in [-0.1, -0.05) is 18.2 Å². The molecule has 1 aromatic carbocycles. The van der Waals surface area contributed by atoms with Crippen LogP contribution in [0.3, 0.4) is 0 Å². The Balaban J connectivity index is 0.000000225. The zero-order valence-corrected chi connectivity index (χ0v) is 10.1. The van der Waals surface area contributed by atoms with E-state index >= 15 is 0 Å². The van der Waals surface area contributed by atoms with Crippen LogP contribution in [0.1, 0.15) is 10.4 Å². The smallest absolute Gasteiger partial charge is 0.319 e. The maximum atomic E-state index is 11.0. The summed E-state index contributed by atoms with van der Waals surface area (Å²) < 4.78 is 0. The highest BCUT2D eigenvalue weighted by molar-refractivity contribution is 6.03. The van der Waals surface area contributed by atoms with Crippen LogP contribution in [0.15, 0.2) is 30.3 Å². The van der Waals surface area contributed by atoms with Crippen LogP contribution in [-0.4, -0.2) is 38.1 Å². The molecule has 0 unspecified atom stereocenters. The lowest BCUT2D eigenvalue weighted by Gasteiger charge is -2.11. The van der Waals surface area contributed by atoms with Crippen molar-refractivity contribution in [2.45, 2.75) is 0 Å². The van der Waals surface area contributed by atoms with E-state index in [0.717, 1.165) is 26.2 Å². The second kappa shape index (κ2) is 8.21. The Hall–Kier alpha value is -1.92. The molecule has 1 heterocycles. The number of amides is 3. The molecule has 1 aliphatic heterocycles. The molecule has 0 spiro atoms. The summed E-state index contributed by atoms with van der Waals surface area (Å²) in [7, 11) is 0. The van der Waals surface area contributed by atoms with Gasteiger partial charge in [0.15, 0.2) is 0 Å². The SMILES string of the molecule is C1CNCCN1.NC(=O)NC(=O)c1ccccc1. The Morgan fingerprint density at radius 2 is 1.50 bits per heavy atom. The highest BCUT2D eigenvalue weighted by atomic mass is 16.2. The fourth-order valence-electron chi connectivity index (χ4n) is 1.38. The number of nitrogens with two attached hydrogens (primary N) is 1. The van der Waals surface area contributed by atoms with E-state index in [1.165, 1.54) is 0 Å². The van der Waals surface area contributed by atoms with Crippen molar-refractivity contribution in [1.82, 2.24) is 16.0 Å². The predicted octanol–water partition coefficient (Wildman–Crippen LogP) is -0.326. The number of carbonyl (C=O) groups is 2. The minimum absolute atomic E-state index is 0.413. The molecule has 6 nitrogen and oxygen atoms in total. The Labute approximate surface area is 106 Å². The van der Waals surface area contributed by atoms with E-state index in [9.17, 15) is 9.59 Å². The van der Waals surface area contributed by atoms with Crippen molar-refractivity contribution in [3.8, 4) is 0 Å². The molecule has 0 aliphatic carbocycles. The van der Waals surface area contributed by atoms with Gasteiger partial charge in [0.05, 0.1) is 0 Å². The standard InChI is InChI=1S/C8H8N2O2.C4H10N2/c9-8(12)10-7(11)6-4-2-1-3-5-6;1-2-6-4-3-5-1/h1-5H,(H3,9,10,11,12);5-6H,1-4H2. The number of carbonyl (C=O) groups excluding carboxylic acids is 2. The second-order valence-corrected chi connectivity index (χ2v) is 3.68. The van der Waals surface area contributed by atoms with Gasteiger partial charge in [0, 0.05) is 31.7 Å². The van der Waals surface area contributed by atoms with Gasteiger partial charge in [0.2, 0.25) is 0 Å². The first kappa shape index (κ1) is 14.1. The van der Waals surface area contributed by atoms with Crippen LogP contribution < -0.4 is 21.7 Å². The highest BCUT2D eigenvalue weighted by Crippen LogP contribution is 1.96. The molecule has 98 valence electrons. The number of imide groups is 1. The van der Waals surface area contributed by atoms with E-state index in [2.05, 4.69) is 10.6 Å². The summed E-state index contributed by atoms with van der Waals surface area (Å²) in [6, 6.07) is 7.53. The van der Waals surface area contributed by atoms with Crippen molar-refractivity contribution >= 4 is 11.9 Å². The number of rotatable bonds is 1. The lowest BCUT2D eigenvalue weighted by Crippen LogP contribution is -2.39. The van der Waals surface area contributed by atoms with Gasteiger partial charge in [-0.15, -0.1) is 0 Å². The molecule has 2 rings (SSSR count). The van der Waals surface area contributed by atoms with Gasteiger partial charge in [0.1, 0.15) is 0 Å². The van der Waals surface area contributed by atoms with E-state index < -0.39 is 11.9 Å². The van der Waals surface area contributed by atoms with Crippen LogP contribution in [0, 0.1) is 0 Å². The summed E-state index contributed by atoms with van der Waals surface area (Å²) in [5.41, 5.74) is 5.17. The molecule has 0 radical (unpaired) electrons. The minimum atomic E-state index is -0.844. The van der Waals surface area contributed by atoms with Crippen molar-refractivity contribution in [3.63, 3.8) is 0 Å². The minimum Gasteiger partial charge on any atom is -0.351 e. The number of benzene rings is 1. The predicted molar refractivity (Wildman–Crippen MR) is 69.2 cm³/mol. The first-order valence-electron chi connectivity index (χ1n) is 5.77. The zero-order valence-electron chi connectivity index (χ0n) is 10.1. The van der Waals surface area contributed by atoms with E-state index in [0.29, 0.717) is 5.56 Å². The average Bonchev–Trinajstić information content (AvgIpc) is 2.42. The van der Waals surface area contributed by atoms with Crippen molar-refractivity contribution in [3.05, 3.63) is 35.9 Å². The van der Waals surface area contributed by atoms with E-state index in [-0.39, 0.29) is 0 Å². The summed E-state index contributed by atoms with van der Waals surface area (Å²) in [5.74, 6) is -0.483. The maximum Gasteiger partial charge on any atom is 0.319 e. The van der Waals surface area contributed by atoms with Crippen molar-refractivity contribution in [2.24, 2.45) is 5.73 Å². The van der Waals surface area contributed by atoms with Gasteiger partial charge < -0.3 is 16.4 Å². The van der Waals surface area contributed by atoms with Crippen LogP contribution in [0.5, 0.6) is 0 Å². The van der Waals surface area contributed by atoms with E-state index in [1.54, 1.807) is 30.3 Å². The third-order valence-corrected chi connectivity index (χ3v) is 2.23. The molecule has 1 aliphatic rings. The molecular formula is C12H18N4O2. The normalized spacial score (nSPS) is 14.0. The molecule has 0 atom stereocenters. The Kier molecular flexibility index (Phi) is 6.45. The fraction of sp³-hybridized carbons (Fsp3) is 0.333. The number of urea groups is 1. The molecule has 0 saturated carbocycles. The maximum absolute atomic E-state index is 11.0. The molecule has 1 aromatic rings. The number of primary amides is 1. The Morgan fingerprint density at radius 1 is 1.00 bits per heavy atom. The molecule has 1 saturated heterocycles. The van der Waals surface area contributed by atoms with E-state index in [1.807, 2.05) is 5.32 Å². The molecule has 5 N–H and O–H groups in total. The van der Waals surface area contributed by atoms with Gasteiger partial charge in [-0.3, -0.25) is 10.1 Å². The molecule has 18 heavy (non-hydrogen) atoms. The van der Waals surface area contributed by atoms with Crippen LogP contribution in [-0.2, 0) is 0 Å². The highest BCUT2D eigenvalue weighted by Gasteiger charge is 2.05. The molecule has 6 heteroatoms. The van der Waals surface area contributed by atoms with Gasteiger partial charge in [0.25, 0.3) is 5.91 Å². The first-order valence-corrected chi connectivity index (χ1v) is 5.77. The van der Waals surface area contributed by atoms with Crippen LogP contribution in [0.4, 0.5) is 4.79 Å². The van der Waals surface area contributed by atoms with Crippen molar-refractivity contribution < 1.29 is 9.59 Å². The lowest BCUT2D eigenvalue weighted by molar-refractivity contribution is 0.0966. The number of hydrogen-bond donors (Lipinski definition) is 4. The molecular weight excluding hydrogens is 232 g/mol. The summed E-state index contributed by atoms with van der Waals surface area (Å²) in [6.45, 7) is 4.56. The monoisotopic (exact) mass is 250 g/mol. The lowest BCUT2D eigenvalue weighted by atomic mass is 10.2. The molecule has 3 amide bonds. The third-order valence-electron chi connectivity index (χ3n) is 2.23. The van der Waals surface area contributed by atoms with Gasteiger partial charge in [-0.05, 0) is 12.1 Å². The Morgan fingerprint density at radius 3 is 1.89 bits per heavy atom. The summed E-state index contributed by atoms with van der Waals surface area (Å²) in [6.07, 6.45) is 0. The van der Waals surface area contributed by atoms with E-state index in [4.69, 9.17) is 5.73 Å². The number of piperazine rings is 1. The number of hydrogen-bond acceptors (Lipinski definition) is 4. The first-order chi connectivity index (χ1) is 8.70. The topological polar surface area (TPSA) is 96.2 Å². The zero-order chi connectivity index (χ0) is 13.2. The molecule has 0 bridgehead atoms. The van der Waals surface area contributed by atoms with Crippen molar-refractivity contribution in [1.29, 1.82) is 0 Å². The van der Waals surface area contributed by atoms with Gasteiger partial charge in [-0.2, -0.15) is 0 Å². The average molecular weight is 250 g/mol. The number of nitrogens with one attached hydrogen (secondary N) is 3. The van der Waals surface area contributed by atoms with Gasteiger partial charge in [-0.25, -0.2) is 4.79 Å². The fourth-order valence-corrected chi connectivity index (χ4v) is 1.38. The summed E-state index contributed by atoms with van der Waals surface area (Å²) in [5, 5.41) is 8.40. The quantitative estimate of drug-likeness (QED) is 0.549.